The molecule has 10 heteroatoms. The lowest BCUT2D eigenvalue weighted by molar-refractivity contribution is -0.384. The third kappa shape index (κ3) is 6.16. The van der Waals surface area contributed by atoms with Crippen LogP contribution in [0.3, 0.4) is 0 Å². The molecular formula is C24H24FN3O5S. The van der Waals surface area contributed by atoms with Crippen LogP contribution in [0.5, 0.6) is 0 Å². The zero-order chi connectivity index (χ0) is 25.1. The molecule has 178 valence electrons. The molecule has 0 aliphatic heterocycles. The van der Waals surface area contributed by atoms with Crippen molar-refractivity contribution < 1.29 is 22.5 Å². The molecule has 3 aromatic rings. The van der Waals surface area contributed by atoms with Gasteiger partial charge in [0.2, 0.25) is 0 Å². The standard InChI is InChI=1S/C24H24FN3O5S/c1-24(2,3)15-26-21-13-12-20(14-22(21)28(30)31)34(32,33)27-23(29)18-6-4-16(5-7-18)17-8-10-19(25)11-9-17/h4-14,26H,15H2,1-3H3,(H,27,29). The summed E-state index contributed by atoms with van der Waals surface area (Å²) in [5.41, 5.74) is 1.14. The lowest BCUT2D eigenvalue weighted by Gasteiger charge is -2.19. The van der Waals surface area contributed by atoms with Crippen molar-refractivity contribution in [2.45, 2.75) is 25.7 Å². The molecule has 0 aromatic heterocycles. The molecule has 0 saturated heterocycles. The minimum Gasteiger partial charge on any atom is -0.379 e. The highest BCUT2D eigenvalue weighted by Crippen LogP contribution is 2.29. The molecule has 34 heavy (non-hydrogen) atoms. The van der Waals surface area contributed by atoms with Gasteiger partial charge in [-0.15, -0.1) is 0 Å². The molecule has 8 nitrogen and oxygen atoms in total. The Hall–Kier alpha value is -3.79. The largest absolute Gasteiger partial charge is 0.379 e. The molecule has 2 N–H and O–H groups in total. The molecule has 0 saturated carbocycles. The number of nitrogens with zero attached hydrogens (tertiary/aromatic N) is 1. The van der Waals surface area contributed by atoms with E-state index in [1.165, 1.54) is 36.4 Å². The topological polar surface area (TPSA) is 118 Å². The van der Waals surface area contributed by atoms with Crippen molar-refractivity contribution in [2.75, 3.05) is 11.9 Å². The van der Waals surface area contributed by atoms with Gasteiger partial charge >= 0.3 is 0 Å². The Bertz CT molecular complexity index is 1320. The van der Waals surface area contributed by atoms with Gasteiger partial charge in [0.15, 0.2) is 0 Å². The number of nitro groups is 1. The Labute approximate surface area is 197 Å². The predicted molar refractivity (Wildman–Crippen MR) is 128 cm³/mol. The summed E-state index contributed by atoms with van der Waals surface area (Å²) in [6.45, 7) is 6.29. The number of nitrogens with one attached hydrogen (secondary N) is 2. The number of halogens is 1. The summed E-state index contributed by atoms with van der Waals surface area (Å²) < 4.78 is 40.5. The van der Waals surface area contributed by atoms with Gasteiger partial charge in [-0.05, 0) is 52.9 Å². The molecule has 0 aliphatic carbocycles. The van der Waals surface area contributed by atoms with E-state index in [4.69, 9.17) is 0 Å². The number of rotatable bonds is 7. The molecule has 3 rings (SSSR count). The van der Waals surface area contributed by atoms with Gasteiger partial charge in [-0.1, -0.05) is 45.0 Å². The predicted octanol–water partition coefficient (Wildman–Crippen LogP) is 4.98. The monoisotopic (exact) mass is 485 g/mol. The Morgan fingerprint density at radius 3 is 2.06 bits per heavy atom. The second-order valence-electron chi connectivity index (χ2n) is 8.87. The Kier molecular flexibility index (Phi) is 7.01. The van der Waals surface area contributed by atoms with Crippen LogP contribution in [0.2, 0.25) is 0 Å². The summed E-state index contributed by atoms with van der Waals surface area (Å²) in [7, 11) is -4.36. The third-order valence-electron chi connectivity index (χ3n) is 4.84. The number of benzene rings is 3. The number of hydrogen-bond donors (Lipinski definition) is 2. The van der Waals surface area contributed by atoms with Gasteiger partial charge in [-0.25, -0.2) is 17.5 Å². The van der Waals surface area contributed by atoms with Gasteiger partial charge < -0.3 is 5.32 Å². The minimum atomic E-state index is -4.36. The molecule has 0 spiro atoms. The average Bonchev–Trinajstić information content (AvgIpc) is 2.77. The highest BCUT2D eigenvalue weighted by atomic mass is 32.2. The fourth-order valence-electron chi connectivity index (χ4n) is 3.04. The average molecular weight is 486 g/mol. The first-order valence-electron chi connectivity index (χ1n) is 10.3. The molecule has 0 unspecified atom stereocenters. The lowest BCUT2D eigenvalue weighted by Crippen LogP contribution is -2.30. The van der Waals surface area contributed by atoms with Crippen molar-refractivity contribution in [3.63, 3.8) is 0 Å². The molecule has 0 radical (unpaired) electrons. The van der Waals surface area contributed by atoms with Crippen LogP contribution < -0.4 is 10.0 Å². The van der Waals surface area contributed by atoms with Crippen LogP contribution in [0, 0.1) is 21.3 Å². The summed E-state index contributed by atoms with van der Waals surface area (Å²) in [6, 6.07) is 15.3. The van der Waals surface area contributed by atoms with Gasteiger partial charge in [-0.2, -0.15) is 0 Å². The van der Waals surface area contributed by atoms with E-state index < -0.39 is 31.4 Å². The summed E-state index contributed by atoms with van der Waals surface area (Å²) in [4.78, 5) is 23.0. The maximum atomic E-state index is 13.1. The van der Waals surface area contributed by atoms with E-state index >= 15 is 0 Å². The third-order valence-corrected chi connectivity index (χ3v) is 6.17. The molecule has 3 aromatic carbocycles. The first-order chi connectivity index (χ1) is 15.9. The second kappa shape index (κ2) is 9.60. The van der Waals surface area contributed by atoms with Crippen molar-refractivity contribution in [2.24, 2.45) is 5.41 Å². The van der Waals surface area contributed by atoms with Gasteiger partial charge in [0.25, 0.3) is 21.6 Å². The smallest absolute Gasteiger partial charge is 0.293 e. The number of carbonyl (C=O) groups excluding carboxylic acids is 1. The number of carbonyl (C=O) groups is 1. The Morgan fingerprint density at radius 1 is 0.971 bits per heavy atom. The van der Waals surface area contributed by atoms with Crippen LogP contribution in [0.15, 0.2) is 71.6 Å². The quantitative estimate of drug-likeness (QED) is 0.360. The van der Waals surface area contributed by atoms with Crippen molar-refractivity contribution in [3.05, 3.63) is 88.2 Å². The van der Waals surface area contributed by atoms with Crippen molar-refractivity contribution in [1.29, 1.82) is 0 Å². The van der Waals surface area contributed by atoms with Crippen LogP contribution in [-0.2, 0) is 10.0 Å². The summed E-state index contributed by atoms with van der Waals surface area (Å²) in [5.74, 6) is -1.26. The van der Waals surface area contributed by atoms with E-state index in [-0.39, 0.29) is 22.5 Å². The van der Waals surface area contributed by atoms with Gasteiger partial charge in [0.1, 0.15) is 11.5 Å². The molecule has 0 atom stereocenters. The fourth-order valence-corrected chi connectivity index (χ4v) is 4.03. The SMILES string of the molecule is CC(C)(C)CNc1ccc(S(=O)(=O)NC(=O)c2ccc(-c3ccc(F)cc3)cc2)cc1[N+](=O)[O-]. The van der Waals surface area contributed by atoms with E-state index in [0.717, 1.165) is 11.6 Å². The van der Waals surface area contributed by atoms with Crippen molar-refractivity contribution in [3.8, 4) is 11.1 Å². The highest BCUT2D eigenvalue weighted by molar-refractivity contribution is 7.90. The molecule has 0 bridgehead atoms. The fraction of sp³-hybridized carbons (Fsp3) is 0.208. The second-order valence-corrected chi connectivity index (χ2v) is 10.6. The number of hydrogen-bond acceptors (Lipinski definition) is 6. The van der Waals surface area contributed by atoms with E-state index in [1.807, 2.05) is 25.5 Å². The zero-order valence-corrected chi connectivity index (χ0v) is 19.6. The minimum absolute atomic E-state index is 0.0763. The van der Waals surface area contributed by atoms with E-state index in [1.54, 1.807) is 24.3 Å². The molecule has 1 amide bonds. The number of nitro benzene ring substituents is 1. The van der Waals surface area contributed by atoms with Crippen molar-refractivity contribution in [1.82, 2.24) is 4.72 Å². The van der Waals surface area contributed by atoms with Crippen molar-refractivity contribution >= 4 is 27.3 Å². The number of amides is 1. The molecule has 0 aliphatic rings. The maximum Gasteiger partial charge on any atom is 0.293 e. The van der Waals surface area contributed by atoms with Crippen LogP contribution in [0.4, 0.5) is 15.8 Å². The van der Waals surface area contributed by atoms with Gasteiger partial charge in [0, 0.05) is 18.2 Å². The molecular weight excluding hydrogens is 461 g/mol. The number of anilines is 1. The Morgan fingerprint density at radius 2 is 1.53 bits per heavy atom. The molecule has 0 heterocycles. The van der Waals surface area contributed by atoms with Crippen LogP contribution in [0.1, 0.15) is 31.1 Å². The highest BCUT2D eigenvalue weighted by Gasteiger charge is 2.24. The van der Waals surface area contributed by atoms with E-state index in [2.05, 4.69) is 5.32 Å². The van der Waals surface area contributed by atoms with Gasteiger partial charge in [-0.3, -0.25) is 14.9 Å². The summed E-state index contributed by atoms with van der Waals surface area (Å²) in [6.07, 6.45) is 0. The molecule has 0 fully saturated rings. The number of sulfonamides is 1. The van der Waals surface area contributed by atoms with Crippen LogP contribution in [0.25, 0.3) is 11.1 Å². The Balaban J connectivity index is 1.79. The maximum absolute atomic E-state index is 13.1. The zero-order valence-electron chi connectivity index (χ0n) is 18.8. The first-order valence-corrected chi connectivity index (χ1v) is 11.8. The summed E-state index contributed by atoms with van der Waals surface area (Å²) in [5, 5.41) is 14.5. The van der Waals surface area contributed by atoms with E-state index in [9.17, 15) is 27.7 Å². The van der Waals surface area contributed by atoms with Crippen LogP contribution >= 0.6 is 0 Å². The summed E-state index contributed by atoms with van der Waals surface area (Å²) >= 11 is 0. The normalized spacial score (nSPS) is 11.6. The van der Waals surface area contributed by atoms with E-state index in [0.29, 0.717) is 12.1 Å². The lowest BCUT2D eigenvalue weighted by atomic mass is 9.97. The first kappa shape index (κ1) is 24.8. The van der Waals surface area contributed by atoms with Gasteiger partial charge in [0.05, 0.1) is 9.82 Å². The van der Waals surface area contributed by atoms with Crippen LogP contribution in [-0.4, -0.2) is 25.8 Å².